The lowest BCUT2D eigenvalue weighted by atomic mass is 9.64. The molecule has 6 rings (SSSR count). The van der Waals surface area contributed by atoms with E-state index in [4.69, 9.17) is 0 Å². The molecule has 0 saturated carbocycles. The van der Waals surface area contributed by atoms with E-state index in [-0.39, 0.29) is 17.3 Å². The van der Waals surface area contributed by atoms with Crippen LogP contribution in [-0.4, -0.2) is 29.4 Å². The summed E-state index contributed by atoms with van der Waals surface area (Å²) in [6.45, 7) is 3.57. The van der Waals surface area contributed by atoms with Crippen molar-refractivity contribution in [3.05, 3.63) is 107 Å². The number of benzene rings is 3. The van der Waals surface area contributed by atoms with Gasteiger partial charge in [0.2, 0.25) is 0 Å². The Morgan fingerprint density at radius 1 is 0.848 bits per heavy atom. The van der Waals surface area contributed by atoms with Crippen molar-refractivity contribution >= 4 is 29.1 Å². The van der Waals surface area contributed by atoms with Gasteiger partial charge in [0.1, 0.15) is 5.41 Å². The Hall–Kier alpha value is -3.79. The minimum absolute atomic E-state index is 0.0518. The number of nitrogens with zero attached hydrogens (tertiary/aromatic N) is 1. The number of rotatable bonds is 2. The molecule has 2 aliphatic heterocycles. The monoisotopic (exact) mass is 433 g/mol. The van der Waals surface area contributed by atoms with Crippen LogP contribution < -0.4 is 4.90 Å². The van der Waals surface area contributed by atoms with E-state index in [1.165, 1.54) is 0 Å². The van der Waals surface area contributed by atoms with Gasteiger partial charge in [0.15, 0.2) is 17.3 Å². The fraction of sp³-hybridized carbons (Fsp3) is 0.207. The summed E-state index contributed by atoms with van der Waals surface area (Å²) in [5.74, 6) is -1.01. The Labute approximate surface area is 192 Å². The number of carbonyl (C=O) groups is 3. The topological polar surface area (TPSA) is 54.5 Å². The van der Waals surface area contributed by atoms with Gasteiger partial charge in [-0.3, -0.25) is 14.4 Å². The van der Waals surface area contributed by atoms with E-state index in [0.717, 1.165) is 22.4 Å². The molecule has 162 valence electrons. The lowest BCUT2D eigenvalue weighted by molar-refractivity contribution is -0.118. The molecule has 0 radical (unpaired) electrons. The van der Waals surface area contributed by atoms with Gasteiger partial charge >= 0.3 is 0 Å². The number of para-hydroxylation sites is 1. The molecule has 3 aromatic carbocycles. The highest BCUT2D eigenvalue weighted by atomic mass is 16.2. The van der Waals surface area contributed by atoms with Crippen molar-refractivity contribution < 1.29 is 14.4 Å². The summed E-state index contributed by atoms with van der Waals surface area (Å²) in [7, 11) is 0. The van der Waals surface area contributed by atoms with Crippen LogP contribution in [0.15, 0.2) is 78.9 Å². The van der Waals surface area contributed by atoms with E-state index in [1.807, 2.05) is 72.5 Å². The van der Waals surface area contributed by atoms with Gasteiger partial charge in [0, 0.05) is 22.7 Å². The SMILES string of the molecule is CC(=O)[C@H]1[C@H](c2ccc(C)cc2)C2(C(=O)c3ccccc3C2=O)C2C=Cc3ccccc3N21. The summed E-state index contributed by atoms with van der Waals surface area (Å²) >= 11 is 0. The molecule has 0 N–H and O–H groups in total. The van der Waals surface area contributed by atoms with Gasteiger partial charge in [-0.1, -0.05) is 84.4 Å². The summed E-state index contributed by atoms with van der Waals surface area (Å²) in [5, 5.41) is 0. The van der Waals surface area contributed by atoms with Crippen molar-refractivity contribution in [3.63, 3.8) is 0 Å². The Morgan fingerprint density at radius 3 is 2.09 bits per heavy atom. The van der Waals surface area contributed by atoms with Gasteiger partial charge in [-0.05, 0) is 31.0 Å². The molecule has 1 fully saturated rings. The van der Waals surface area contributed by atoms with Gasteiger partial charge in [-0.25, -0.2) is 0 Å². The highest BCUT2D eigenvalue weighted by molar-refractivity contribution is 6.32. The number of fused-ring (bicyclic) bond motifs is 5. The predicted molar refractivity (Wildman–Crippen MR) is 128 cm³/mol. The maximum atomic E-state index is 14.2. The summed E-state index contributed by atoms with van der Waals surface area (Å²) in [5.41, 5.74) is 3.31. The zero-order chi connectivity index (χ0) is 22.9. The van der Waals surface area contributed by atoms with Gasteiger partial charge in [0.25, 0.3) is 0 Å². The second-order valence-electron chi connectivity index (χ2n) is 9.29. The van der Waals surface area contributed by atoms with Crippen LogP contribution in [0.1, 0.15) is 50.2 Å². The molecular formula is C29H23NO3. The fourth-order valence-corrected chi connectivity index (χ4v) is 6.22. The molecule has 3 atom stereocenters. The first kappa shape index (κ1) is 19.9. The molecule has 0 aromatic heterocycles. The molecule has 3 aromatic rings. The van der Waals surface area contributed by atoms with Gasteiger partial charge in [-0.2, -0.15) is 0 Å². The van der Waals surface area contributed by atoms with Crippen molar-refractivity contribution in [2.75, 3.05) is 4.90 Å². The molecule has 1 spiro atoms. The van der Waals surface area contributed by atoms with Crippen LogP contribution >= 0.6 is 0 Å². The van der Waals surface area contributed by atoms with E-state index >= 15 is 0 Å². The summed E-state index contributed by atoms with van der Waals surface area (Å²) in [6, 6.07) is 21.7. The molecule has 1 aliphatic carbocycles. The smallest absolute Gasteiger partial charge is 0.180 e. The van der Waals surface area contributed by atoms with Crippen LogP contribution in [0.5, 0.6) is 0 Å². The summed E-state index contributed by atoms with van der Waals surface area (Å²) < 4.78 is 0. The van der Waals surface area contributed by atoms with Crippen molar-refractivity contribution in [3.8, 4) is 0 Å². The Kier molecular flexibility index (Phi) is 4.12. The average molecular weight is 434 g/mol. The number of hydrogen-bond donors (Lipinski definition) is 0. The van der Waals surface area contributed by atoms with E-state index in [2.05, 4.69) is 0 Å². The van der Waals surface area contributed by atoms with Crippen LogP contribution in [0, 0.1) is 12.3 Å². The molecule has 33 heavy (non-hydrogen) atoms. The summed E-state index contributed by atoms with van der Waals surface area (Å²) in [6.07, 6.45) is 3.94. The quantitative estimate of drug-likeness (QED) is 0.533. The number of aryl methyl sites for hydroxylation is 1. The third kappa shape index (κ3) is 2.44. The minimum Gasteiger partial charge on any atom is -0.352 e. The Morgan fingerprint density at radius 2 is 1.45 bits per heavy atom. The number of carbonyl (C=O) groups excluding carboxylic acids is 3. The fourth-order valence-electron chi connectivity index (χ4n) is 6.22. The third-order valence-electron chi connectivity index (χ3n) is 7.57. The first-order valence-corrected chi connectivity index (χ1v) is 11.3. The molecule has 4 nitrogen and oxygen atoms in total. The Balaban J connectivity index is 1.68. The van der Waals surface area contributed by atoms with Crippen LogP contribution in [0.2, 0.25) is 0 Å². The molecule has 3 aliphatic rings. The largest absolute Gasteiger partial charge is 0.352 e. The first-order chi connectivity index (χ1) is 16.0. The van der Waals surface area contributed by atoms with Crippen LogP contribution in [0.4, 0.5) is 5.69 Å². The van der Waals surface area contributed by atoms with E-state index in [1.54, 1.807) is 31.2 Å². The lowest BCUT2D eigenvalue weighted by Gasteiger charge is -2.37. The van der Waals surface area contributed by atoms with Crippen LogP contribution in [0.25, 0.3) is 6.08 Å². The van der Waals surface area contributed by atoms with Gasteiger partial charge in [-0.15, -0.1) is 0 Å². The maximum absolute atomic E-state index is 14.2. The number of anilines is 1. The van der Waals surface area contributed by atoms with Crippen molar-refractivity contribution in [1.29, 1.82) is 0 Å². The second kappa shape index (κ2) is 6.85. The predicted octanol–water partition coefficient (Wildman–Crippen LogP) is 5.02. The van der Waals surface area contributed by atoms with Crippen LogP contribution in [-0.2, 0) is 4.79 Å². The molecular weight excluding hydrogens is 410 g/mol. The number of ketones is 3. The normalized spacial score (nSPS) is 24.1. The molecule has 4 heteroatoms. The molecule has 1 unspecified atom stereocenters. The molecule has 2 heterocycles. The highest BCUT2D eigenvalue weighted by Crippen LogP contribution is 2.60. The maximum Gasteiger partial charge on any atom is 0.180 e. The molecule has 0 amide bonds. The van der Waals surface area contributed by atoms with E-state index < -0.39 is 23.4 Å². The highest BCUT2D eigenvalue weighted by Gasteiger charge is 2.71. The Bertz CT molecular complexity index is 1330. The van der Waals surface area contributed by atoms with E-state index in [9.17, 15) is 14.4 Å². The van der Waals surface area contributed by atoms with Gasteiger partial charge in [0.05, 0.1) is 12.1 Å². The minimum atomic E-state index is -1.39. The molecule has 1 saturated heterocycles. The van der Waals surface area contributed by atoms with Gasteiger partial charge < -0.3 is 4.90 Å². The molecule has 0 bridgehead atoms. The van der Waals surface area contributed by atoms with E-state index in [0.29, 0.717) is 11.1 Å². The van der Waals surface area contributed by atoms with Crippen molar-refractivity contribution in [2.45, 2.75) is 31.8 Å². The number of Topliss-reactive ketones (excluding diaryl/α,β-unsaturated/α-hetero) is 3. The van der Waals surface area contributed by atoms with Crippen LogP contribution in [0.3, 0.4) is 0 Å². The zero-order valence-electron chi connectivity index (χ0n) is 18.5. The van der Waals surface area contributed by atoms with Crippen molar-refractivity contribution in [1.82, 2.24) is 0 Å². The second-order valence-corrected chi connectivity index (χ2v) is 9.29. The standard InChI is InChI=1S/C29H23NO3/c1-17-11-13-20(14-12-17)25-26(18(2)31)30-23-10-6-3-7-19(23)15-16-24(30)29(25)27(32)21-8-4-5-9-22(21)28(29)33/h3-16,24-26H,1-2H3/t24?,25-,26-/m0/s1. The third-order valence-corrected chi connectivity index (χ3v) is 7.57. The average Bonchev–Trinajstić information content (AvgIpc) is 3.27. The van der Waals surface area contributed by atoms with Crippen molar-refractivity contribution in [2.24, 2.45) is 5.41 Å². The summed E-state index contributed by atoms with van der Waals surface area (Å²) in [4.78, 5) is 43.8. The lowest BCUT2D eigenvalue weighted by Crippen LogP contribution is -2.48. The zero-order valence-corrected chi connectivity index (χ0v) is 18.5. The number of hydrogen-bond acceptors (Lipinski definition) is 4. The first-order valence-electron chi connectivity index (χ1n) is 11.3.